The van der Waals surface area contributed by atoms with Crippen molar-refractivity contribution in [3.8, 4) is 5.75 Å². The van der Waals surface area contributed by atoms with E-state index in [4.69, 9.17) is 4.74 Å². The second-order valence-electron chi connectivity index (χ2n) is 7.38. The zero-order valence-corrected chi connectivity index (χ0v) is 14.3. The van der Waals surface area contributed by atoms with Crippen LogP contribution in [0.2, 0.25) is 0 Å². The largest absolute Gasteiger partial charge is 0.492 e. The summed E-state index contributed by atoms with van der Waals surface area (Å²) in [6, 6.07) is 14.0. The summed E-state index contributed by atoms with van der Waals surface area (Å²) in [4.78, 5) is 14.7. The van der Waals surface area contributed by atoms with Crippen LogP contribution < -0.4 is 15.0 Å². The summed E-state index contributed by atoms with van der Waals surface area (Å²) in [6.45, 7) is 6.85. The monoisotopic (exact) mass is 322 g/mol. The fourth-order valence-corrected chi connectivity index (χ4v) is 3.67. The van der Waals surface area contributed by atoms with Gasteiger partial charge in [-0.05, 0) is 38.0 Å². The molecule has 2 amide bonds. The lowest BCUT2D eigenvalue weighted by atomic mass is 9.90. The van der Waals surface area contributed by atoms with E-state index in [1.165, 1.54) is 5.56 Å². The summed E-state index contributed by atoms with van der Waals surface area (Å²) >= 11 is 0. The molecule has 0 aliphatic carbocycles. The Morgan fingerprint density at radius 2 is 1.88 bits per heavy atom. The first-order chi connectivity index (χ1) is 11.5. The van der Waals surface area contributed by atoms with Crippen LogP contribution in [0.4, 0.5) is 10.5 Å². The van der Waals surface area contributed by atoms with E-state index in [0.29, 0.717) is 6.61 Å². The van der Waals surface area contributed by atoms with Crippen LogP contribution in [0.1, 0.15) is 43.5 Å². The standard InChI is InChI=1S/C20H22N2O2/c1-20(2,3)22-15-10-9-14-11-12-24-18(14)16(15)17(21-19(22)23)13-7-5-4-6-8-13/h4-10,17H,11-12H2,1-3H3,(H,21,23). The van der Waals surface area contributed by atoms with Crippen molar-refractivity contribution < 1.29 is 9.53 Å². The molecule has 24 heavy (non-hydrogen) atoms. The number of hydrogen-bond donors (Lipinski definition) is 1. The summed E-state index contributed by atoms with van der Waals surface area (Å²) in [6.07, 6.45) is 0.924. The van der Waals surface area contributed by atoms with Crippen molar-refractivity contribution in [2.75, 3.05) is 11.5 Å². The zero-order valence-electron chi connectivity index (χ0n) is 14.3. The van der Waals surface area contributed by atoms with E-state index in [-0.39, 0.29) is 17.6 Å². The topological polar surface area (TPSA) is 41.6 Å². The maximum absolute atomic E-state index is 12.9. The number of carbonyl (C=O) groups is 1. The van der Waals surface area contributed by atoms with Gasteiger partial charge in [0.1, 0.15) is 5.75 Å². The number of anilines is 1. The van der Waals surface area contributed by atoms with Crippen LogP contribution in [-0.4, -0.2) is 18.2 Å². The molecule has 4 nitrogen and oxygen atoms in total. The maximum atomic E-state index is 12.9. The number of fused-ring (bicyclic) bond motifs is 3. The minimum Gasteiger partial charge on any atom is -0.492 e. The van der Waals surface area contributed by atoms with Crippen molar-refractivity contribution in [1.82, 2.24) is 5.32 Å². The lowest BCUT2D eigenvalue weighted by molar-refractivity contribution is 0.236. The van der Waals surface area contributed by atoms with Gasteiger partial charge in [-0.2, -0.15) is 0 Å². The number of amides is 2. The molecule has 1 N–H and O–H groups in total. The van der Waals surface area contributed by atoms with E-state index in [9.17, 15) is 4.79 Å². The molecular weight excluding hydrogens is 300 g/mol. The Morgan fingerprint density at radius 3 is 2.58 bits per heavy atom. The van der Waals surface area contributed by atoms with Crippen LogP contribution in [-0.2, 0) is 6.42 Å². The molecular formula is C20H22N2O2. The van der Waals surface area contributed by atoms with Crippen molar-refractivity contribution in [3.05, 3.63) is 59.2 Å². The Kier molecular flexibility index (Phi) is 3.30. The number of ether oxygens (including phenoxy) is 1. The molecule has 0 bridgehead atoms. The van der Waals surface area contributed by atoms with E-state index in [2.05, 4.69) is 29.6 Å². The van der Waals surface area contributed by atoms with Crippen LogP contribution in [0, 0.1) is 0 Å². The van der Waals surface area contributed by atoms with Crippen LogP contribution in [0.5, 0.6) is 5.75 Å². The number of carbonyl (C=O) groups excluding carboxylic acids is 1. The minimum atomic E-state index is -0.312. The molecule has 2 aromatic rings. The molecule has 2 aromatic carbocycles. The Morgan fingerprint density at radius 1 is 1.12 bits per heavy atom. The maximum Gasteiger partial charge on any atom is 0.323 e. The van der Waals surface area contributed by atoms with E-state index in [0.717, 1.165) is 29.0 Å². The van der Waals surface area contributed by atoms with Gasteiger partial charge in [-0.1, -0.05) is 36.4 Å². The molecule has 0 fully saturated rings. The molecule has 2 heterocycles. The van der Waals surface area contributed by atoms with Crippen molar-refractivity contribution in [1.29, 1.82) is 0 Å². The van der Waals surface area contributed by atoms with E-state index < -0.39 is 0 Å². The van der Waals surface area contributed by atoms with Crippen LogP contribution >= 0.6 is 0 Å². The number of nitrogens with zero attached hydrogens (tertiary/aromatic N) is 1. The quantitative estimate of drug-likeness (QED) is 0.861. The summed E-state index contributed by atoms with van der Waals surface area (Å²) in [7, 11) is 0. The van der Waals surface area contributed by atoms with Gasteiger partial charge in [-0.25, -0.2) is 4.79 Å². The molecule has 2 aliphatic heterocycles. The van der Waals surface area contributed by atoms with E-state index >= 15 is 0 Å². The number of nitrogens with one attached hydrogen (secondary N) is 1. The van der Waals surface area contributed by atoms with Gasteiger partial charge >= 0.3 is 6.03 Å². The molecule has 0 aromatic heterocycles. The van der Waals surface area contributed by atoms with Gasteiger partial charge < -0.3 is 10.1 Å². The molecule has 2 aliphatic rings. The van der Waals surface area contributed by atoms with Gasteiger partial charge in [0.25, 0.3) is 0 Å². The van der Waals surface area contributed by atoms with Crippen LogP contribution in [0.15, 0.2) is 42.5 Å². The van der Waals surface area contributed by atoms with Crippen molar-refractivity contribution >= 4 is 11.7 Å². The highest BCUT2D eigenvalue weighted by Crippen LogP contribution is 2.46. The number of hydrogen-bond acceptors (Lipinski definition) is 2. The van der Waals surface area contributed by atoms with Gasteiger partial charge in [-0.3, -0.25) is 4.90 Å². The fraction of sp³-hybridized carbons (Fsp3) is 0.350. The van der Waals surface area contributed by atoms with E-state index in [1.807, 2.05) is 43.9 Å². The van der Waals surface area contributed by atoms with Gasteiger partial charge in [-0.15, -0.1) is 0 Å². The zero-order chi connectivity index (χ0) is 16.9. The minimum absolute atomic E-state index is 0.0678. The molecule has 4 rings (SSSR count). The fourth-order valence-electron chi connectivity index (χ4n) is 3.67. The predicted octanol–water partition coefficient (Wildman–Crippen LogP) is 4.04. The first kappa shape index (κ1) is 15.1. The Labute approximate surface area is 142 Å². The average Bonchev–Trinajstić information content (AvgIpc) is 3.02. The van der Waals surface area contributed by atoms with Crippen LogP contribution in [0.3, 0.4) is 0 Å². The summed E-state index contributed by atoms with van der Waals surface area (Å²) in [5.74, 6) is 0.940. The molecule has 0 spiro atoms. The van der Waals surface area contributed by atoms with Crippen molar-refractivity contribution in [3.63, 3.8) is 0 Å². The summed E-state index contributed by atoms with van der Waals surface area (Å²) in [5, 5.41) is 3.18. The highest BCUT2D eigenvalue weighted by molar-refractivity contribution is 5.98. The lowest BCUT2D eigenvalue weighted by Gasteiger charge is -2.43. The third-order valence-electron chi connectivity index (χ3n) is 4.68. The number of benzene rings is 2. The smallest absolute Gasteiger partial charge is 0.323 e. The predicted molar refractivity (Wildman–Crippen MR) is 94.7 cm³/mol. The Bertz CT molecular complexity index is 793. The highest BCUT2D eigenvalue weighted by atomic mass is 16.5. The van der Waals surface area contributed by atoms with E-state index in [1.54, 1.807) is 0 Å². The Balaban J connectivity index is 1.95. The van der Waals surface area contributed by atoms with Gasteiger partial charge in [0, 0.05) is 17.5 Å². The average molecular weight is 322 g/mol. The molecule has 0 saturated heterocycles. The van der Waals surface area contributed by atoms with Gasteiger partial charge in [0.15, 0.2) is 0 Å². The normalized spacial score (nSPS) is 19.4. The molecule has 0 radical (unpaired) electrons. The van der Waals surface area contributed by atoms with Gasteiger partial charge in [0.05, 0.1) is 18.3 Å². The third kappa shape index (κ3) is 2.25. The highest BCUT2D eigenvalue weighted by Gasteiger charge is 2.40. The SMILES string of the molecule is CC(C)(C)N1C(=O)NC(c2ccccc2)c2c1ccc1c2OCC1. The van der Waals surface area contributed by atoms with Gasteiger partial charge in [0.2, 0.25) is 0 Å². The molecule has 4 heteroatoms. The summed E-state index contributed by atoms with van der Waals surface area (Å²) in [5.41, 5.74) is 4.00. The second-order valence-corrected chi connectivity index (χ2v) is 7.38. The molecule has 1 unspecified atom stereocenters. The Hall–Kier alpha value is -2.49. The summed E-state index contributed by atoms with van der Waals surface area (Å²) < 4.78 is 5.97. The first-order valence-corrected chi connectivity index (χ1v) is 8.41. The molecule has 0 saturated carbocycles. The molecule has 124 valence electrons. The molecule has 1 atom stereocenters. The lowest BCUT2D eigenvalue weighted by Crippen LogP contribution is -2.55. The van der Waals surface area contributed by atoms with Crippen molar-refractivity contribution in [2.45, 2.75) is 38.8 Å². The second kappa shape index (κ2) is 5.26. The third-order valence-corrected chi connectivity index (χ3v) is 4.68. The number of urea groups is 1. The van der Waals surface area contributed by atoms with Crippen molar-refractivity contribution in [2.24, 2.45) is 0 Å². The first-order valence-electron chi connectivity index (χ1n) is 8.41. The number of rotatable bonds is 1. The van der Waals surface area contributed by atoms with Crippen LogP contribution in [0.25, 0.3) is 0 Å².